The van der Waals surface area contributed by atoms with Gasteiger partial charge in [0.05, 0.1) is 35.4 Å². The first-order chi connectivity index (χ1) is 19.7. The fourth-order valence-electron chi connectivity index (χ4n) is 2.55. The summed E-state index contributed by atoms with van der Waals surface area (Å²) in [5, 5.41) is 8.46. The Balaban J connectivity index is -0.000000554. The van der Waals surface area contributed by atoms with E-state index in [9.17, 15) is 26.3 Å². The fourth-order valence-corrected chi connectivity index (χ4v) is 7.73. The molecule has 0 aromatic heterocycles. The first kappa shape index (κ1) is 46.7. The lowest BCUT2D eigenvalue weighted by molar-refractivity contribution is -0.137. The number of halogens is 9. The van der Waals surface area contributed by atoms with Crippen LogP contribution in [0.3, 0.4) is 0 Å². The van der Waals surface area contributed by atoms with Crippen LogP contribution < -0.4 is 0 Å². The molecule has 0 aliphatic heterocycles. The topological polar surface area (TPSA) is 97.6 Å². The molecule has 0 aromatic carbocycles. The lowest BCUT2D eigenvalue weighted by Gasteiger charge is -2.25. The molecule has 0 fully saturated rings. The predicted octanol–water partition coefficient (Wildman–Crippen LogP) is 5.06. The zero-order valence-electron chi connectivity index (χ0n) is 24.2. The van der Waals surface area contributed by atoms with Crippen molar-refractivity contribution in [1.82, 2.24) is 0 Å². The highest BCUT2D eigenvalue weighted by atomic mass is 35.5. The van der Waals surface area contributed by atoms with E-state index in [-0.39, 0.29) is 37.5 Å². The molecule has 9 nitrogen and oxygen atoms in total. The van der Waals surface area contributed by atoms with E-state index in [1.165, 1.54) is 28.4 Å². The van der Waals surface area contributed by atoms with Gasteiger partial charge in [-0.25, -0.2) is 0 Å². The van der Waals surface area contributed by atoms with Crippen molar-refractivity contribution in [2.45, 2.75) is 56.0 Å². The number of hydrogen-bond donors (Lipinski definition) is 0. The van der Waals surface area contributed by atoms with Crippen LogP contribution in [-0.4, -0.2) is 119 Å². The molecule has 0 aliphatic carbocycles. The van der Waals surface area contributed by atoms with Crippen molar-refractivity contribution in [2.75, 3.05) is 72.5 Å². The van der Waals surface area contributed by atoms with Gasteiger partial charge in [-0.1, -0.05) is 0 Å². The predicted molar refractivity (Wildman–Crippen MR) is 155 cm³/mol. The second-order valence-corrected chi connectivity index (χ2v) is 15.3. The Hall–Kier alpha value is 0.271. The molecule has 0 spiro atoms. The summed E-state index contributed by atoms with van der Waals surface area (Å²) in [5.74, 6) is 0.904. The molecule has 0 aliphatic rings. The third-order valence-electron chi connectivity index (χ3n) is 4.51. The number of nitriles is 1. The summed E-state index contributed by atoms with van der Waals surface area (Å²) in [7, 11) is -0.287. The summed E-state index contributed by atoms with van der Waals surface area (Å²) in [6, 6.07) is 2.38. The third kappa shape index (κ3) is 33.2. The van der Waals surface area contributed by atoms with Gasteiger partial charge in [0.2, 0.25) is 0 Å². The number of rotatable bonds is 22. The van der Waals surface area contributed by atoms with Gasteiger partial charge in [0.25, 0.3) is 0 Å². The van der Waals surface area contributed by atoms with Crippen LogP contribution in [0.2, 0.25) is 12.1 Å². The molecular formula is C21H42Cl3F6NO8Si3. The van der Waals surface area contributed by atoms with Gasteiger partial charge in [0.1, 0.15) is 5.91 Å². The third-order valence-corrected chi connectivity index (χ3v) is 11.1. The van der Waals surface area contributed by atoms with Crippen molar-refractivity contribution in [3.8, 4) is 6.07 Å². The second kappa shape index (κ2) is 30.0. The molecule has 254 valence electrons. The molecule has 21 heteroatoms. The van der Waals surface area contributed by atoms with Crippen molar-refractivity contribution >= 4 is 62.7 Å². The average molecular weight is 741 g/mol. The number of alkyl halides is 9. The van der Waals surface area contributed by atoms with Crippen LogP contribution in [0, 0.1) is 11.3 Å². The molecular weight excluding hydrogens is 699 g/mol. The number of hydrogen-bond acceptors (Lipinski definition) is 9. The lowest BCUT2D eigenvalue weighted by Crippen LogP contribution is -2.44. The summed E-state index contributed by atoms with van der Waals surface area (Å²) in [5.41, 5.74) is 0. The van der Waals surface area contributed by atoms with E-state index in [0.717, 1.165) is 0 Å². The number of methoxy groups -OCH3 is 2. The molecule has 0 radical (unpaired) electrons. The van der Waals surface area contributed by atoms with Gasteiger partial charge in [0.15, 0.2) is 0 Å². The number of nitrogens with zero attached hydrogens (tertiary/aromatic N) is 1. The van der Waals surface area contributed by atoms with Gasteiger partial charge in [0, 0.05) is 78.0 Å². The van der Waals surface area contributed by atoms with Crippen LogP contribution in [0.25, 0.3) is 0 Å². The minimum Gasteiger partial charge on any atom is -0.377 e. The van der Waals surface area contributed by atoms with Gasteiger partial charge in [-0.2, -0.15) is 31.6 Å². The molecule has 42 heavy (non-hydrogen) atoms. The summed E-state index contributed by atoms with van der Waals surface area (Å²) in [4.78, 5) is 0. The quantitative estimate of drug-likeness (QED) is 0.0496. The summed E-state index contributed by atoms with van der Waals surface area (Å²) in [6.07, 6.45) is -9.80. The molecule has 0 heterocycles. The Morgan fingerprint density at radius 3 is 1.57 bits per heavy atom. The molecule has 0 N–H and O–H groups in total. The Morgan fingerprint density at radius 2 is 1.24 bits per heavy atom. The van der Waals surface area contributed by atoms with E-state index in [0.29, 0.717) is 37.5 Å². The van der Waals surface area contributed by atoms with Crippen LogP contribution in [0.4, 0.5) is 26.3 Å². The van der Waals surface area contributed by atoms with Gasteiger partial charge >= 0.3 is 30.7 Å². The Bertz CT molecular complexity index is 621. The van der Waals surface area contributed by atoms with Crippen LogP contribution >= 0.6 is 34.8 Å². The van der Waals surface area contributed by atoms with Gasteiger partial charge in [-0.15, -0.1) is 34.8 Å². The average Bonchev–Trinajstić information content (AvgIpc) is 2.94. The highest BCUT2D eigenvalue weighted by Crippen LogP contribution is 2.23. The molecule has 0 saturated carbocycles. The zero-order valence-corrected chi connectivity index (χ0v) is 30.0. The van der Waals surface area contributed by atoms with E-state index < -0.39 is 53.0 Å². The Kier molecular flexibility index (Phi) is 33.3. The van der Waals surface area contributed by atoms with E-state index >= 15 is 0 Å². The van der Waals surface area contributed by atoms with Crippen LogP contribution in [0.1, 0.15) is 25.7 Å². The second-order valence-electron chi connectivity index (χ2n) is 7.69. The van der Waals surface area contributed by atoms with E-state index in [4.69, 9.17) is 76.1 Å². The van der Waals surface area contributed by atoms with E-state index in [1.807, 2.05) is 6.07 Å². The van der Waals surface area contributed by atoms with Crippen LogP contribution in [0.15, 0.2) is 0 Å². The minimum atomic E-state index is -4.18. The monoisotopic (exact) mass is 739 g/mol. The molecule has 0 saturated heterocycles. The summed E-state index contributed by atoms with van der Waals surface area (Å²) < 4.78 is 111. The molecule has 0 amide bonds. The van der Waals surface area contributed by atoms with Gasteiger partial charge < -0.3 is 36.0 Å². The first-order valence-corrected chi connectivity index (χ1v) is 19.3. The van der Waals surface area contributed by atoms with E-state index in [2.05, 4.69) is 0 Å². The van der Waals surface area contributed by atoms with Crippen LogP contribution in [-0.2, 0) is 36.0 Å². The highest BCUT2D eigenvalue weighted by molar-refractivity contribution is 6.60. The van der Waals surface area contributed by atoms with Crippen molar-refractivity contribution in [3.05, 3.63) is 0 Å². The summed E-state index contributed by atoms with van der Waals surface area (Å²) >= 11 is 16.3. The van der Waals surface area contributed by atoms with Crippen molar-refractivity contribution in [2.24, 2.45) is 0 Å². The SMILES string of the molecule is COC(OC)[SiH2]CCC(F)(F)F.CO[Si](CCC#N)(OC)OCCCC(F)(F)F.ClCCO[SiH](OCCCl)OCCCl. The van der Waals surface area contributed by atoms with Crippen LogP contribution in [0.5, 0.6) is 0 Å². The van der Waals surface area contributed by atoms with Crippen molar-refractivity contribution in [3.63, 3.8) is 0 Å². The first-order valence-electron chi connectivity index (χ1n) is 12.6. The molecule has 0 aromatic rings. The zero-order chi connectivity index (χ0) is 32.9. The van der Waals surface area contributed by atoms with Crippen molar-refractivity contribution < 1.29 is 62.4 Å². The Morgan fingerprint density at radius 1 is 0.786 bits per heavy atom. The largest absolute Gasteiger partial charge is 0.501 e. The maximum atomic E-state index is 11.9. The van der Waals surface area contributed by atoms with E-state index in [1.54, 1.807) is 0 Å². The fraction of sp³-hybridized carbons (Fsp3) is 0.952. The lowest BCUT2D eigenvalue weighted by atomic mass is 10.3. The normalized spacial score (nSPS) is 12.3. The summed E-state index contributed by atoms with van der Waals surface area (Å²) in [6.45, 7) is 1.22. The Labute approximate surface area is 264 Å². The molecule has 0 bridgehead atoms. The van der Waals surface area contributed by atoms with Gasteiger partial charge in [-0.3, -0.25) is 0 Å². The maximum Gasteiger partial charge on any atom is 0.501 e. The molecule has 0 atom stereocenters. The number of ether oxygens (including phenoxy) is 2. The smallest absolute Gasteiger partial charge is 0.377 e. The molecule has 0 rings (SSSR count). The minimum absolute atomic E-state index is 0.0845. The maximum absolute atomic E-state index is 11.9. The molecule has 0 unspecified atom stereocenters. The standard InChI is InChI=1S/C9H16F3NO3Si.C6H13Cl3O3Si.C6H13F3O2Si/c1-14-17(15-2,8-4-6-13)16-7-3-5-9(10,11)12;7-1-4-10-13(11-5-2-8)12-6-3-9;1-10-5(11-2)12-4-3-6(7,8)9/h3-5,7-8H2,1-2H3;13H,1-6H2;5H,3-4,12H2,1-2H3. The highest BCUT2D eigenvalue weighted by Gasteiger charge is 2.38. The van der Waals surface area contributed by atoms with Crippen molar-refractivity contribution in [1.29, 1.82) is 5.26 Å². The van der Waals surface area contributed by atoms with Gasteiger partial charge in [-0.05, 0) is 12.5 Å².